The van der Waals surface area contributed by atoms with Crippen LogP contribution in [0.4, 0.5) is 4.39 Å². The van der Waals surface area contributed by atoms with Crippen LogP contribution in [0.5, 0.6) is 5.75 Å². The first kappa shape index (κ1) is 20.5. The van der Waals surface area contributed by atoms with Crippen LogP contribution in [-0.2, 0) is 16.1 Å². The van der Waals surface area contributed by atoms with E-state index in [1.807, 2.05) is 42.5 Å². The summed E-state index contributed by atoms with van der Waals surface area (Å²) in [5, 5.41) is 0. The lowest BCUT2D eigenvalue weighted by molar-refractivity contribution is -0.129. The summed E-state index contributed by atoms with van der Waals surface area (Å²) in [5.41, 5.74) is 1.98. The summed E-state index contributed by atoms with van der Waals surface area (Å²) in [5.74, 6) is -0.545. The number of aliphatic imine (C=N–C) groups is 1. The smallest absolute Gasteiger partial charge is 0.363 e. The van der Waals surface area contributed by atoms with Crippen LogP contribution in [0.3, 0.4) is 0 Å². The van der Waals surface area contributed by atoms with Gasteiger partial charge in [0.1, 0.15) is 18.2 Å². The third-order valence-electron chi connectivity index (χ3n) is 4.27. The molecule has 0 radical (unpaired) electrons. The molecular weight excluding hydrogens is 517 g/mol. The molecule has 0 saturated carbocycles. The molecule has 3 aromatic rings. The Balaban J connectivity index is 1.58. The van der Waals surface area contributed by atoms with Crippen LogP contribution in [0.2, 0.25) is 0 Å². The maximum atomic E-state index is 14.0. The predicted molar refractivity (Wildman–Crippen MR) is 120 cm³/mol. The van der Waals surface area contributed by atoms with Gasteiger partial charge in [-0.25, -0.2) is 14.2 Å². The lowest BCUT2D eigenvalue weighted by atomic mass is 10.2. The van der Waals surface area contributed by atoms with Gasteiger partial charge in [0.05, 0.1) is 14.5 Å². The molecule has 1 heterocycles. The first-order valence-electron chi connectivity index (χ1n) is 8.94. The quantitative estimate of drug-likeness (QED) is 0.288. The number of ether oxygens (including phenoxy) is 2. The number of esters is 1. The number of carbonyl (C=O) groups excluding carboxylic acids is 1. The molecule has 0 bridgehead atoms. The van der Waals surface area contributed by atoms with E-state index in [-0.39, 0.29) is 17.2 Å². The van der Waals surface area contributed by atoms with Crippen molar-refractivity contribution >= 4 is 49.8 Å². The Hall–Kier alpha value is -2.77. The Morgan fingerprint density at radius 2 is 1.67 bits per heavy atom. The third kappa shape index (κ3) is 4.52. The maximum absolute atomic E-state index is 14.0. The highest BCUT2D eigenvalue weighted by Gasteiger charge is 2.26. The number of rotatable bonds is 5. The fourth-order valence-electron chi connectivity index (χ4n) is 2.85. The van der Waals surface area contributed by atoms with Crippen LogP contribution in [0.15, 0.2) is 86.4 Å². The standard InChI is InChI=1S/C23H14Br2FNO3/c24-17-10-15(11-18(25)21(17)29-13-14-6-2-1-3-7-14)12-20-23(28)30-22(27-20)16-8-4-5-9-19(16)26/h1-12H,13H2/b20-12-. The molecule has 4 rings (SSSR count). The lowest BCUT2D eigenvalue weighted by Gasteiger charge is -2.11. The van der Waals surface area contributed by atoms with Gasteiger partial charge in [0, 0.05) is 0 Å². The summed E-state index contributed by atoms with van der Waals surface area (Å²) in [6, 6.07) is 19.4. The minimum Gasteiger partial charge on any atom is -0.487 e. The van der Waals surface area contributed by atoms with Gasteiger partial charge in [0.15, 0.2) is 5.70 Å². The molecule has 0 aromatic heterocycles. The van der Waals surface area contributed by atoms with E-state index in [0.29, 0.717) is 26.9 Å². The van der Waals surface area contributed by atoms with Gasteiger partial charge in [-0.2, -0.15) is 0 Å². The number of halogens is 3. The molecule has 0 amide bonds. The van der Waals surface area contributed by atoms with E-state index >= 15 is 0 Å². The van der Waals surface area contributed by atoms with Crippen LogP contribution in [0.1, 0.15) is 16.7 Å². The monoisotopic (exact) mass is 529 g/mol. The summed E-state index contributed by atoms with van der Waals surface area (Å²) >= 11 is 7.02. The SMILES string of the molecule is O=C1OC(c2ccccc2F)=N/C1=C\c1cc(Br)c(OCc2ccccc2)c(Br)c1. The van der Waals surface area contributed by atoms with Crippen molar-refractivity contribution in [1.29, 1.82) is 0 Å². The molecule has 30 heavy (non-hydrogen) atoms. The lowest BCUT2D eigenvalue weighted by Crippen LogP contribution is -2.07. The summed E-state index contributed by atoms with van der Waals surface area (Å²) in [6.45, 7) is 0.418. The number of hydrogen-bond acceptors (Lipinski definition) is 4. The van der Waals surface area contributed by atoms with Crippen LogP contribution in [0, 0.1) is 5.82 Å². The van der Waals surface area contributed by atoms with E-state index in [1.54, 1.807) is 18.2 Å². The molecule has 0 aliphatic carbocycles. The van der Waals surface area contributed by atoms with Crippen LogP contribution in [-0.4, -0.2) is 11.9 Å². The second kappa shape index (κ2) is 8.93. The second-order valence-corrected chi connectivity index (χ2v) is 8.11. The van der Waals surface area contributed by atoms with Gasteiger partial charge < -0.3 is 9.47 Å². The average Bonchev–Trinajstić information content (AvgIpc) is 3.08. The molecule has 1 aliphatic rings. The number of benzene rings is 3. The van der Waals surface area contributed by atoms with Gasteiger partial charge in [0.2, 0.25) is 5.90 Å². The fraction of sp³-hybridized carbons (Fsp3) is 0.0435. The van der Waals surface area contributed by atoms with E-state index in [4.69, 9.17) is 9.47 Å². The van der Waals surface area contributed by atoms with Crippen molar-refractivity contribution in [2.75, 3.05) is 0 Å². The molecule has 3 aromatic carbocycles. The van der Waals surface area contributed by atoms with Crippen molar-refractivity contribution in [1.82, 2.24) is 0 Å². The topological polar surface area (TPSA) is 47.9 Å². The Morgan fingerprint density at radius 1 is 1.00 bits per heavy atom. The minimum absolute atomic E-state index is 0.0507. The number of hydrogen-bond donors (Lipinski definition) is 0. The van der Waals surface area contributed by atoms with E-state index in [9.17, 15) is 9.18 Å². The van der Waals surface area contributed by atoms with E-state index in [2.05, 4.69) is 36.9 Å². The van der Waals surface area contributed by atoms with Gasteiger partial charge in [-0.1, -0.05) is 42.5 Å². The maximum Gasteiger partial charge on any atom is 0.363 e. The average molecular weight is 531 g/mol. The first-order valence-corrected chi connectivity index (χ1v) is 10.5. The first-order chi connectivity index (χ1) is 14.5. The Bertz CT molecular complexity index is 1150. The Morgan fingerprint density at radius 3 is 2.37 bits per heavy atom. The zero-order chi connectivity index (χ0) is 21.1. The minimum atomic E-state index is -0.634. The molecule has 1 aliphatic heterocycles. The number of cyclic esters (lactones) is 1. The molecule has 0 atom stereocenters. The van der Waals surface area contributed by atoms with Crippen molar-refractivity contribution in [3.8, 4) is 5.75 Å². The molecule has 0 unspecified atom stereocenters. The second-order valence-electron chi connectivity index (χ2n) is 6.40. The zero-order valence-electron chi connectivity index (χ0n) is 15.4. The highest BCUT2D eigenvalue weighted by Crippen LogP contribution is 2.36. The van der Waals surface area contributed by atoms with E-state index in [1.165, 1.54) is 12.1 Å². The van der Waals surface area contributed by atoms with Crippen molar-refractivity contribution in [3.05, 3.63) is 104 Å². The van der Waals surface area contributed by atoms with Crippen molar-refractivity contribution < 1.29 is 18.7 Å². The molecule has 150 valence electrons. The van der Waals surface area contributed by atoms with Crippen LogP contribution in [0.25, 0.3) is 6.08 Å². The van der Waals surface area contributed by atoms with Crippen molar-refractivity contribution in [2.45, 2.75) is 6.61 Å². The van der Waals surface area contributed by atoms with E-state index in [0.717, 1.165) is 5.56 Å². The Kier molecular flexibility index (Phi) is 6.11. The molecular formula is C23H14Br2FNO3. The summed E-state index contributed by atoms with van der Waals surface area (Å²) in [6.07, 6.45) is 1.58. The van der Waals surface area contributed by atoms with Gasteiger partial charge in [0.25, 0.3) is 0 Å². The molecule has 0 fully saturated rings. The third-order valence-corrected chi connectivity index (χ3v) is 5.45. The van der Waals surface area contributed by atoms with Crippen molar-refractivity contribution in [2.24, 2.45) is 4.99 Å². The molecule has 0 N–H and O–H groups in total. The molecule has 7 heteroatoms. The van der Waals surface area contributed by atoms with Gasteiger partial charge >= 0.3 is 5.97 Å². The highest BCUT2D eigenvalue weighted by molar-refractivity contribution is 9.11. The summed E-state index contributed by atoms with van der Waals surface area (Å²) < 4.78 is 26.4. The largest absolute Gasteiger partial charge is 0.487 e. The Labute approximate surface area is 189 Å². The highest BCUT2D eigenvalue weighted by atomic mass is 79.9. The van der Waals surface area contributed by atoms with E-state index < -0.39 is 11.8 Å². The normalized spacial score (nSPS) is 14.6. The molecule has 0 spiro atoms. The van der Waals surface area contributed by atoms with Gasteiger partial charge in [-0.15, -0.1) is 0 Å². The zero-order valence-corrected chi connectivity index (χ0v) is 18.6. The summed E-state index contributed by atoms with van der Waals surface area (Å²) in [4.78, 5) is 16.4. The molecule has 4 nitrogen and oxygen atoms in total. The summed E-state index contributed by atoms with van der Waals surface area (Å²) in [7, 11) is 0. The van der Waals surface area contributed by atoms with Gasteiger partial charge in [-0.05, 0) is 73.3 Å². The van der Waals surface area contributed by atoms with Crippen LogP contribution < -0.4 is 4.74 Å². The molecule has 0 saturated heterocycles. The number of nitrogens with zero attached hydrogens (tertiary/aromatic N) is 1. The van der Waals surface area contributed by atoms with Crippen LogP contribution >= 0.6 is 31.9 Å². The predicted octanol–water partition coefficient (Wildman–Crippen LogP) is 6.27. The van der Waals surface area contributed by atoms with Gasteiger partial charge in [-0.3, -0.25) is 0 Å². The fourth-order valence-corrected chi connectivity index (χ4v) is 4.30. The van der Waals surface area contributed by atoms with Crippen molar-refractivity contribution in [3.63, 3.8) is 0 Å². The number of carbonyl (C=O) groups is 1.